The summed E-state index contributed by atoms with van der Waals surface area (Å²) in [4.78, 5) is 14.4. The van der Waals surface area contributed by atoms with Crippen molar-refractivity contribution in [2.45, 2.75) is 27.2 Å². The molecule has 0 aromatic heterocycles. The minimum Gasteiger partial charge on any atom is -0.372 e. The van der Waals surface area contributed by atoms with Gasteiger partial charge in [-0.05, 0) is 62.6 Å². The average molecular weight is 404 g/mol. The van der Waals surface area contributed by atoms with E-state index in [4.69, 9.17) is 0 Å². The molecule has 4 nitrogen and oxygen atoms in total. The summed E-state index contributed by atoms with van der Waals surface area (Å²) < 4.78 is 1.07. The number of anilines is 2. The van der Waals surface area contributed by atoms with E-state index < -0.39 is 0 Å². The number of benzene rings is 2. The predicted octanol–water partition coefficient (Wildman–Crippen LogP) is 4.97. The highest BCUT2D eigenvalue weighted by Crippen LogP contribution is 2.22. The summed E-state index contributed by atoms with van der Waals surface area (Å²) in [6.07, 6.45) is 0.786. The molecule has 0 fully saturated rings. The van der Waals surface area contributed by atoms with Gasteiger partial charge < -0.3 is 15.5 Å². The molecular formula is C20H26BrN3O. The minimum absolute atomic E-state index is 0.175. The molecule has 0 spiro atoms. The molecule has 0 aliphatic heterocycles. The van der Waals surface area contributed by atoms with Gasteiger partial charge in [0.2, 0.25) is 0 Å². The maximum atomic E-state index is 12.1. The number of rotatable bonds is 7. The van der Waals surface area contributed by atoms with Crippen LogP contribution in [0.15, 0.2) is 46.9 Å². The zero-order valence-electron chi connectivity index (χ0n) is 15.1. The van der Waals surface area contributed by atoms with E-state index in [9.17, 15) is 4.79 Å². The highest BCUT2D eigenvalue weighted by Gasteiger charge is 2.08. The van der Waals surface area contributed by atoms with Gasteiger partial charge in [0.05, 0.1) is 0 Å². The summed E-state index contributed by atoms with van der Waals surface area (Å²) in [5, 5.41) is 5.85. The van der Waals surface area contributed by atoms with Crippen LogP contribution in [0.25, 0.3) is 0 Å². The maximum Gasteiger partial charge on any atom is 0.319 e. The van der Waals surface area contributed by atoms with Gasteiger partial charge in [0.1, 0.15) is 0 Å². The fourth-order valence-electron chi connectivity index (χ4n) is 2.75. The van der Waals surface area contributed by atoms with Crippen molar-refractivity contribution in [1.82, 2.24) is 5.32 Å². The smallest absolute Gasteiger partial charge is 0.319 e. The van der Waals surface area contributed by atoms with Gasteiger partial charge in [0, 0.05) is 35.5 Å². The largest absolute Gasteiger partial charge is 0.372 e. The molecule has 25 heavy (non-hydrogen) atoms. The van der Waals surface area contributed by atoms with Crippen molar-refractivity contribution in [1.29, 1.82) is 0 Å². The van der Waals surface area contributed by atoms with Crippen molar-refractivity contribution < 1.29 is 4.79 Å². The summed E-state index contributed by atoms with van der Waals surface area (Å²) in [5.41, 5.74) is 4.27. The van der Waals surface area contributed by atoms with E-state index in [-0.39, 0.29) is 6.03 Å². The summed E-state index contributed by atoms with van der Waals surface area (Å²) in [6, 6.07) is 14.0. The monoisotopic (exact) mass is 403 g/mol. The van der Waals surface area contributed by atoms with Crippen molar-refractivity contribution in [3.05, 3.63) is 58.1 Å². The Labute approximate surface area is 158 Å². The van der Waals surface area contributed by atoms with Gasteiger partial charge in [-0.25, -0.2) is 4.79 Å². The van der Waals surface area contributed by atoms with Crippen LogP contribution in [0.5, 0.6) is 0 Å². The highest BCUT2D eigenvalue weighted by molar-refractivity contribution is 9.10. The second-order valence-electron chi connectivity index (χ2n) is 5.89. The number of amides is 2. The zero-order valence-corrected chi connectivity index (χ0v) is 16.7. The van der Waals surface area contributed by atoms with Gasteiger partial charge in [-0.3, -0.25) is 0 Å². The van der Waals surface area contributed by atoms with E-state index in [1.165, 1.54) is 11.3 Å². The molecular weight excluding hydrogens is 378 g/mol. The summed E-state index contributed by atoms with van der Waals surface area (Å²) >= 11 is 3.52. The SMILES string of the molecule is CCN(CC)c1ccc(NC(=O)NCCc2ccccc2Br)c(C)c1. The first-order valence-electron chi connectivity index (χ1n) is 8.69. The van der Waals surface area contributed by atoms with Crippen LogP contribution in [0.2, 0.25) is 0 Å². The number of halogens is 1. The van der Waals surface area contributed by atoms with Gasteiger partial charge in [0.15, 0.2) is 0 Å². The van der Waals surface area contributed by atoms with Crippen molar-refractivity contribution >= 4 is 33.3 Å². The van der Waals surface area contributed by atoms with E-state index in [1.54, 1.807) is 0 Å². The van der Waals surface area contributed by atoms with Crippen LogP contribution in [-0.2, 0) is 6.42 Å². The third-order valence-electron chi connectivity index (χ3n) is 4.22. The molecule has 0 radical (unpaired) electrons. The molecule has 5 heteroatoms. The van der Waals surface area contributed by atoms with Crippen molar-refractivity contribution in [2.75, 3.05) is 29.9 Å². The lowest BCUT2D eigenvalue weighted by molar-refractivity contribution is 0.252. The number of nitrogens with zero attached hydrogens (tertiary/aromatic N) is 1. The zero-order chi connectivity index (χ0) is 18.2. The Morgan fingerprint density at radius 3 is 2.48 bits per heavy atom. The van der Waals surface area contributed by atoms with Gasteiger partial charge in [-0.15, -0.1) is 0 Å². The second kappa shape index (κ2) is 9.47. The molecule has 0 unspecified atom stereocenters. The molecule has 2 N–H and O–H groups in total. The summed E-state index contributed by atoms with van der Waals surface area (Å²) in [5.74, 6) is 0. The predicted molar refractivity (Wildman–Crippen MR) is 110 cm³/mol. The number of hydrogen-bond donors (Lipinski definition) is 2. The van der Waals surface area contributed by atoms with Crippen LogP contribution in [0.4, 0.5) is 16.2 Å². The molecule has 134 valence electrons. The number of carbonyl (C=O) groups excluding carboxylic acids is 1. The van der Waals surface area contributed by atoms with Crippen LogP contribution in [0.3, 0.4) is 0 Å². The van der Waals surface area contributed by atoms with Crippen LogP contribution in [-0.4, -0.2) is 25.7 Å². The average Bonchev–Trinajstić information content (AvgIpc) is 2.60. The van der Waals surface area contributed by atoms with Crippen molar-refractivity contribution in [2.24, 2.45) is 0 Å². The van der Waals surface area contributed by atoms with Crippen molar-refractivity contribution in [3.8, 4) is 0 Å². The Kier molecular flexibility index (Phi) is 7.31. The molecule has 2 rings (SSSR count). The third-order valence-corrected chi connectivity index (χ3v) is 5.00. The van der Waals surface area contributed by atoms with E-state index in [2.05, 4.69) is 63.5 Å². The molecule has 0 saturated heterocycles. The number of urea groups is 1. The van der Waals surface area contributed by atoms with Crippen LogP contribution < -0.4 is 15.5 Å². The molecule has 0 saturated carbocycles. The lowest BCUT2D eigenvalue weighted by atomic mass is 10.1. The molecule has 2 aromatic rings. The normalized spacial score (nSPS) is 10.4. The molecule has 2 aromatic carbocycles. The number of hydrogen-bond acceptors (Lipinski definition) is 2. The number of carbonyl (C=O) groups is 1. The van der Waals surface area contributed by atoms with Crippen LogP contribution in [0, 0.1) is 6.92 Å². The Morgan fingerprint density at radius 1 is 1.12 bits per heavy atom. The molecule has 0 aliphatic carbocycles. The molecule has 0 heterocycles. The fourth-order valence-corrected chi connectivity index (χ4v) is 3.23. The van der Waals surface area contributed by atoms with Gasteiger partial charge in [-0.2, -0.15) is 0 Å². The number of nitrogens with one attached hydrogen (secondary N) is 2. The first-order chi connectivity index (χ1) is 12.0. The van der Waals surface area contributed by atoms with Crippen LogP contribution >= 0.6 is 15.9 Å². The molecule has 0 bridgehead atoms. The second-order valence-corrected chi connectivity index (χ2v) is 6.75. The first-order valence-corrected chi connectivity index (χ1v) is 9.48. The third kappa shape index (κ3) is 5.49. The number of aryl methyl sites for hydroxylation is 1. The minimum atomic E-state index is -0.175. The van der Waals surface area contributed by atoms with Gasteiger partial charge in [-0.1, -0.05) is 34.1 Å². The summed E-state index contributed by atoms with van der Waals surface area (Å²) in [6.45, 7) is 8.83. The van der Waals surface area contributed by atoms with Crippen molar-refractivity contribution in [3.63, 3.8) is 0 Å². The van der Waals surface area contributed by atoms with Crippen LogP contribution in [0.1, 0.15) is 25.0 Å². The van der Waals surface area contributed by atoms with E-state index in [1.807, 2.05) is 31.2 Å². The topological polar surface area (TPSA) is 44.4 Å². The summed E-state index contributed by atoms with van der Waals surface area (Å²) in [7, 11) is 0. The fraction of sp³-hybridized carbons (Fsp3) is 0.350. The Bertz CT molecular complexity index is 714. The maximum absolute atomic E-state index is 12.1. The Balaban J connectivity index is 1.89. The standard InChI is InChI=1S/C20H26BrN3O/c1-4-24(5-2)17-10-11-19(15(3)14-17)23-20(25)22-13-12-16-8-6-7-9-18(16)21/h6-11,14H,4-5,12-13H2,1-3H3,(H2,22,23,25). The van der Waals surface area contributed by atoms with Gasteiger partial charge >= 0.3 is 6.03 Å². The quantitative estimate of drug-likeness (QED) is 0.685. The van der Waals surface area contributed by atoms with Gasteiger partial charge in [0.25, 0.3) is 0 Å². The van der Waals surface area contributed by atoms with E-state index in [0.717, 1.165) is 35.2 Å². The Morgan fingerprint density at radius 2 is 1.84 bits per heavy atom. The Hall–Kier alpha value is -2.01. The van der Waals surface area contributed by atoms with E-state index >= 15 is 0 Å². The molecule has 0 atom stereocenters. The molecule has 0 aliphatic rings. The lowest BCUT2D eigenvalue weighted by Crippen LogP contribution is -2.30. The lowest BCUT2D eigenvalue weighted by Gasteiger charge is -2.22. The molecule has 2 amide bonds. The first kappa shape index (κ1) is 19.3. The van der Waals surface area contributed by atoms with E-state index in [0.29, 0.717) is 6.54 Å². The highest BCUT2D eigenvalue weighted by atomic mass is 79.9.